The lowest BCUT2D eigenvalue weighted by atomic mass is 9.77. The highest BCUT2D eigenvalue weighted by molar-refractivity contribution is 6.02. The van der Waals surface area contributed by atoms with E-state index in [1.807, 2.05) is 30.3 Å². The molecular formula is C17H18O4. The highest BCUT2D eigenvalue weighted by Crippen LogP contribution is 2.36. The van der Waals surface area contributed by atoms with Crippen LogP contribution in [0.4, 0.5) is 0 Å². The van der Waals surface area contributed by atoms with Crippen LogP contribution in [0.2, 0.25) is 0 Å². The summed E-state index contributed by atoms with van der Waals surface area (Å²) < 4.78 is 9.50. The number of methoxy groups -OCH3 is 2. The molecule has 0 fully saturated rings. The Bertz CT molecular complexity index is 550. The fourth-order valence-corrected chi connectivity index (χ4v) is 2.14. The molecule has 0 N–H and O–H groups in total. The van der Waals surface area contributed by atoms with Crippen molar-refractivity contribution in [3.8, 4) is 12.3 Å². The van der Waals surface area contributed by atoms with E-state index >= 15 is 0 Å². The average Bonchev–Trinajstić information content (AvgIpc) is 2.53. The van der Waals surface area contributed by atoms with Crippen LogP contribution in [0.5, 0.6) is 0 Å². The van der Waals surface area contributed by atoms with Crippen molar-refractivity contribution in [3.63, 3.8) is 0 Å². The normalized spacial score (nSPS) is 10.3. The second kappa shape index (κ2) is 7.30. The molecule has 0 spiro atoms. The Kier molecular flexibility index (Phi) is 5.74. The van der Waals surface area contributed by atoms with E-state index in [1.165, 1.54) is 14.2 Å². The molecule has 0 unspecified atom stereocenters. The number of terminal acetylenes is 1. The number of carbonyl (C=O) groups excluding carboxylic acids is 2. The van der Waals surface area contributed by atoms with Crippen molar-refractivity contribution >= 4 is 17.5 Å². The van der Waals surface area contributed by atoms with Crippen LogP contribution in [0, 0.1) is 17.8 Å². The quantitative estimate of drug-likeness (QED) is 0.458. The number of rotatable bonds is 6. The molecule has 0 aliphatic carbocycles. The zero-order chi connectivity index (χ0) is 15.9. The van der Waals surface area contributed by atoms with E-state index in [9.17, 15) is 9.59 Å². The summed E-state index contributed by atoms with van der Waals surface area (Å²) in [6.07, 6.45) is 5.25. The number of hydrogen-bond acceptors (Lipinski definition) is 4. The van der Waals surface area contributed by atoms with Crippen molar-refractivity contribution in [2.45, 2.75) is 12.8 Å². The summed E-state index contributed by atoms with van der Waals surface area (Å²) in [6, 6.07) is 9.25. The van der Waals surface area contributed by atoms with E-state index in [2.05, 4.69) is 12.5 Å². The van der Waals surface area contributed by atoms with Crippen molar-refractivity contribution in [1.29, 1.82) is 0 Å². The van der Waals surface area contributed by atoms with Crippen LogP contribution < -0.4 is 0 Å². The molecule has 0 atom stereocenters. The average molecular weight is 286 g/mol. The molecule has 0 aromatic heterocycles. The number of benzene rings is 1. The van der Waals surface area contributed by atoms with Gasteiger partial charge in [-0.05, 0) is 11.1 Å². The molecule has 0 aliphatic heterocycles. The molecule has 0 saturated heterocycles. The van der Waals surface area contributed by atoms with E-state index in [-0.39, 0.29) is 12.8 Å². The molecule has 21 heavy (non-hydrogen) atoms. The SMILES string of the molecule is C#CCC(CC(=C)c1ccccc1)(C(=O)OC)C(=O)OC. The third kappa shape index (κ3) is 3.51. The summed E-state index contributed by atoms with van der Waals surface area (Å²) in [5.41, 5.74) is -0.126. The highest BCUT2D eigenvalue weighted by Gasteiger charge is 2.48. The molecule has 0 bridgehead atoms. The molecule has 0 heterocycles. The monoisotopic (exact) mass is 286 g/mol. The van der Waals surface area contributed by atoms with Gasteiger partial charge >= 0.3 is 11.9 Å². The first-order valence-electron chi connectivity index (χ1n) is 6.35. The van der Waals surface area contributed by atoms with Crippen LogP contribution in [0.25, 0.3) is 5.57 Å². The number of ether oxygens (including phenoxy) is 2. The number of esters is 2. The molecule has 110 valence electrons. The second-order valence-electron chi connectivity index (χ2n) is 4.59. The summed E-state index contributed by atoms with van der Waals surface area (Å²) in [5, 5.41) is 0. The Morgan fingerprint density at radius 1 is 1.19 bits per heavy atom. The standard InChI is InChI=1S/C17H18O4/c1-5-11-17(15(18)20-3,16(19)21-4)12-13(2)14-9-7-6-8-10-14/h1,6-10H,2,11-12H2,3-4H3. The molecule has 4 nitrogen and oxygen atoms in total. The number of allylic oxidation sites excluding steroid dienone is 1. The van der Waals surface area contributed by atoms with Crippen LogP contribution in [0.15, 0.2) is 36.9 Å². The van der Waals surface area contributed by atoms with Gasteiger partial charge in [0.15, 0.2) is 5.41 Å². The van der Waals surface area contributed by atoms with Gasteiger partial charge in [-0.15, -0.1) is 12.3 Å². The van der Waals surface area contributed by atoms with Gasteiger partial charge in [-0.2, -0.15) is 0 Å². The number of carbonyl (C=O) groups is 2. The molecular weight excluding hydrogens is 268 g/mol. The maximum absolute atomic E-state index is 12.1. The van der Waals surface area contributed by atoms with E-state index in [4.69, 9.17) is 15.9 Å². The lowest BCUT2D eigenvalue weighted by Crippen LogP contribution is -2.41. The van der Waals surface area contributed by atoms with Gasteiger partial charge < -0.3 is 9.47 Å². The topological polar surface area (TPSA) is 52.6 Å². The smallest absolute Gasteiger partial charge is 0.324 e. The minimum Gasteiger partial charge on any atom is -0.468 e. The summed E-state index contributed by atoms with van der Waals surface area (Å²) in [6.45, 7) is 3.94. The maximum Gasteiger partial charge on any atom is 0.324 e. The van der Waals surface area contributed by atoms with Crippen molar-refractivity contribution in [2.75, 3.05) is 14.2 Å². The highest BCUT2D eigenvalue weighted by atomic mass is 16.5. The van der Waals surface area contributed by atoms with Gasteiger partial charge in [0.1, 0.15) is 0 Å². The molecule has 4 heteroatoms. The first-order chi connectivity index (χ1) is 10.0. The maximum atomic E-state index is 12.1. The molecule has 1 rings (SSSR count). The van der Waals surface area contributed by atoms with Gasteiger partial charge in [-0.1, -0.05) is 36.9 Å². The van der Waals surface area contributed by atoms with Crippen LogP contribution in [0.3, 0.4) is 0 Å². The first kappa shape index (κ1) is 16.5. The fourth-order valence-electron chi connectivity index (χ4n) is 2.14. The van der Waals surface area contributed by atoms with Crippen molar-refractivity contribution in [3.05, 3.63) is 42.5 Å². The second-order valence-corrected chi connectivity index (χ2v) is 4.59. The van der Waals surface area contributed by atoms with Crippen molar-refractivity contribution in [2.24, 2.45) is 5.41 Å². The summed E-state index contributed by atoms with van der Waals surface area (Å²) >= 11 is 0. The largest absolute Gasteiger partial charge is 0.468 e. The molecule has 0 radical (unpaired) electrons. The lowest BCUT2D eigenvalue weighted by Gasteiger charge is -2.27. The minimum atomic E-state index is -1.56. The van der Waals surface area contributed by atoms with E-state index in [1.54, 1.807) is 0 Å². The van der Waals surface area contributed by atoms with E-state index in [0.29, 0.717) is 5.57 Å². The molecule has 1 aromatic rings. The Hall–Kier alpha value is -2.54. The van der Waals surface area contributed by atoms with Gasteiger partial charge in [-0.25, -0.2) is 0 Å². The van der Waals surface area contributed by atoms with Gasteiger partial charge in [-0.3, -0.25) is 9.59 Å². The van der Waals surface area contributed by atoms with E-state index < -0.39 is 17.4 Å². The Morgan fingerprint density at radius 2 is 1.71 bits per heavy atom. The van der Waals surface area contributed by atoms with Gasteiger partial charge in [0.2, 0.25) is 0 Å². The van der Waals surface area contributed by atoms with Gasteiger partial charge in [0.05, 0.1) is 14.2 Å². The summed E-state index contributed by atoms with van der Waals surface area (Å²) in [7, 11) is 2.42. The van der Waals surface area contributed by atoms with E-state index in [0.717, 1.165) is 5.56 Å². The molecule has 1 aromatic carbocycles. The molecule has 0 aliphatic rings. The van der Waals surface area contributed by atoms with Crippen LogP contribution in [0.1, 0.15) is 18.4 Å². The van der Waals surface area contributed by atoms with Gasteiger partial charge in [0.25, 0.3) is 0 Å². The molecule has 0 saturated carbocycles. The Morgan fingerprint density at radius 3 is 2.14 bits per heavy atom. The number of hydrogen-bond donors (Lipinski definition) is 0. The van der Waals surface area contributed by atoms with Crippen LogP contribution in [-0.2, 0) is 19.1 Å². The summed E-state index contributed by atoms with van der Waals surface area (Å²) in [4.78, 5) is 24.3. The van der Waals surface area contributed by atoms with Crippen LogP contribution >= 0.6 is 0 Å². The van der Waals surface area contributed by atoms with Crippen molar-refractivity contribution in [1.82, 2.24) is 0 Å². The predicted molar refractivity (Wildman–Crippen MR) is 80.0 cm³/mol. The zero-order valence-corrected chi connectivity index (χ0v) is 12.2. The Labute approximate surface area is 124 Å². The van der Waals surface area contributed by atoms with Gasteiger partial charge in [0, 0.05) is 12.8 Å². The van der Waals surface area contributed by atoms with Crippen LogP contribution in [-0.4, -0.2) is 26.2 Å². The molecule has 0 amide bonds. The van der Waals surface area contributed by atoms with Crippen molar-refractivity contribution < 1.29 is 19.1 Å². The summed E-state index contributed by atoms with van der Waals surface area (Å²) in [5.74, 6) is 0.917. The first-order valence-corrected chi connectivity index (χ1v) is 6.35. The third-order valence-electron chi connectivity index (χ3n) is 3.25. The zero-order valence-electron chi connectivity index (χ0n) is 12.2. The lowest BCUT2D eigenvalue weighted by molar-refractivity contribution is -0.168. The predicted octanol–water partition coefficient (Wildman–Crippen LogP) is 2.45. The minimum absolute atomic E-state index is 0.0422. The fraction of sp³-hybridized carbons (Fsp3) is 0.294. The third-order valence-corrected chi connectivity index (χ3v) is 3.25. The Balaban J connectivity index is 3.18.